The summed E-state index contributed by atoms with van der Waals surface area (Å²) >= 11 is 0. The lowest BCUT2D eigenvalue weighted by Crippen LogP contribution is -2.33. The number of fused-ring (bicyclic) bond motifs is 1. The Kier molecular flexibility index (Phi) is 6.69. The highest BCUT2D eigenvalue weighted by atomic mass is 31.2. The summed E-state index contributed by atoms with van der Waals surface area (Å²) in [6, 6.07) is 6.72. The van der Waals surface area contributed by atoms with Crippen LogP contribution in [0.3, 0.4) is 0 Å². The maximum absolute atomic E-state index is 12.2. The van der Waals surface area contributed by atoms with Crippen LogP contribution >= 0.6 is 7.60 Å². The molecule has 0 bridgehead atoms. The predicted octanol–water partition coefficient (Wildman–Crippen LogP) is 2.57. The normalized spacial score (nSPS) is 14.3. The van der Waals surface area contributed by atoms with E-state index in [0.717, 1.165) is 4.90 Å². The standard InChI is InChI=1S/C16H22NO6P/c1-3-22-24(20,23-4-2)12-11-21-10-9-17-15(18)13-7-5-6-8-14(13)16(17)19/h5-8H,3-4,9-12H2,1-2H3. The monoisotopic (exact) mass is 355 g/mol. The van der Waals surface area contributed by atoms with Crippen molar-refractivity contribution in [2.75, 3.05) is 39.1 Å². The lowest BCUT2D eigenvalue weighted by Gasteiger charge is -2.17. The van der Waals surface area contributed by atoms with E-state index in [0.29, 0.717) is 24.3 Å². The molecule has 8 heteroatoms. The minimum atomic E-state index is -3.13. The molecule has 0 N–H and O–H groups in total. The largest absolute Gasteiger partial charge is 0.379 e. The summed E-state index contributed by atoms with van der Waals surface area (Å²) in [5.41, 5.74) is 0.833. The minimum Gasteiger partial charge on any atom is -0.379 e. The third-order valence-corrected chi connectivity index (χ3v) is 5.53. The summed E-state index contributed by atoms with van der Waals surface area (Å²) < 4.78 is 28.0. The van der Waals surface area contributed by atoms with Crippen LogP contribution in [-0.2, 0) is 18.3 Å². The van der Waals surface area contributed by atoms with E-state index in [1.807, 2.05) is 0 Å². The van der Waals surface area contributed by atoms with E-state index in [9.17, 15) is 14.2 Å². The smallest absolute Gasteiger partial charge is 0.332 e. The zero-order valence-electron chi connectivity index (χ0n) is 13.9. The average molecular weight is 355 g/mol. The number of hydrogen-bond donors (Lipinski definition) is 0. The molecule has 0 aromatic heterocycles. The van der Waals surface area contributed by atoms with Crippen LogP contribution in [0.5, 0.6) is 0 Å². The van der Waals surface area contributed by atoms with Crippen molar-refractivity contribution in [1.82, 2.24) is 4.90 Å². The Morgan fingerprint density at radius 1 is 0.958 bits per heavy atom. The quantitative estimate of drug-likeness (QED) is 0.364. The first-order valence-corrected chi connectivity index (χ1v) is 9.66. The molecule has 2 amide bonds. The molecule has 1 aromatic carbocycles. The summed E-state index contributed by atoms with van der Waals surface area (Å²) in [7, 11) is -3.13. The molecule has 1 aliphatic heterocycles. The van der Waals surface area contributed by atoms with Crippen molar-refractivity contribution in [3.05, 3.63) is 35.4 Å². The highest BCUT2D eigenvalue weighted by molar-refractivity contribution is 7.53. The van der Waals surface area contributed by atoms with Crippen LogP contribution in [-0.4, -0.2) is 55.8 Å². The summed E-state index contributed by atoms with van der Waals surface area (Å²) in [6.45, 7) is 4.58. The van der Waals surface area contributed by atoms with Crippen LogP contribution in [0.1, 0.15) is 34.6 Å². The van der Waals surface area contributed by atoms with Gasteiger partial charge in [0.1, 0.15) is 0 Å². The number of benzene rings is 1. The molecule has 0 atom stereocenters. The van der Waals surface area contributed by atoms with Crippen molar-refractivity contribution in [1.29, 1.82) is 0 Å². The second-order valence-corrected chi connectivity index (χ2v) is 7.28. The van der Waals surface area contributed by atoms with E-state index in [1.165, 1.54) is 0 Å². The minimum absolute atomic E-state index is 0.136. The molecule has 0 saturated carbocycles. The molecular formula is C16H22NO6P. The van der Waals surface area contributed by atoms with Gasteiger partial charge in [-0.2, -0.15) is 0 Å². The van der Waals surface area contributed by atoms with E-state index < -0.39 is 7.60 Å². The van der Waals surface area contributed by atoms with E-state index in [-0.39, 0.29) is 37.7 Å². The molecule has 24 heavy (non-hydrogen) atoms. The highest BCUT2D eigenvalue weighted by Gasteiger charge is 2.34. The van der Waals surface area contributed by atoms with Crippen LogP contribution in [0.4, 0.5) is 0 Å². The third-order valence-electron chi connectivity index (χ3n) is 3.50. The summed E-state index contributed by atoms with van der Waals surface area (Å²) in [6.07, 6.45) is 0.136. The number of rotatable bonds is 10. The van der Waals surface area contributed by atoms with Crippen LogP contribution in [0.15, 0.2) is 24.3 Å². The van der Waals surface area contributed by atoms with Gasteiger partial charge in [-0.05, 0) is 26.0 Å². The Morgan fingerprint density at radius 3 is 2.00 bits per heavy atom. The van der Waals surface area contributed by atoms with Crippen LogP contribution < -0.4 is 0 Å². The van der Waals surface area contributed by atoms with Gasteiger partial charge in [-0.1, -0.05) is 12.1 Å². The second kappa shape index (κ2) is 8.53. The Bertz CT molecular complexity index is 602. The van der Waals surface area contributed by atoms with Gasteiger partial charge in [-0.25, -0.2) is 0 Å². The molecule has 7 nitrogen and oxygen atoms in total. The number of hydrogen-bond acceptors (Lipinski definition) is 6. The van der Waals surface area contributed by atoms with Gasteiger partial charge in [0.2, 0.25) is 0 Å². The molecule has 132 valence electrons. The molecule has 2 rings (SSSR count). The van der Waals surface area contributed by atoms with Crippen molar-refractivity contribution in [2.45, 2.75) is 13.8 Å². The lowest BCUT2D eigenvalue weighted by atomic mass is 10.1. The average Bonchev–Trinajstić information content (AvgIpc) is 2.80. The first-order chi connectivity index (χ1) is 11.5. The van der Waals surface area contributed by atoms with Gasteiger partial charge in [0.25, 0.3) is 11.8 Å². The van der Waals surface area contributed by atoms with E-state index in [2.05, 4.69) is 0 Å². The molecule has 1 aliphatic rings. The fraction of sp³-hybridized carbons (Fsp3) is 0.500. The van der Waals surface area contributed by atoms with Gasteiger partial charge in [0.15, 0.2) is 0 Å². The zero-order valence-corrected chi connectivity index (χ0v) is 14.8. The molecule has 0 aliphatic carbocycles. The maximum atomic E-state index is 12.2. The molecule has 0 unspecified atom stereocenters. The first-order valence-electron chi connectivity index (χ1n) is 7.93. The fourth-order valence-electron chi connectivity index (χ4n) is 2.44. The summed E-state index contributed by atoms with van der Waals surface area (Å²) in [4.78, 5) is 25.5. The molecular weight excluding hydrogens is 333 g/mol. The lowest BCUT2D eigenvalue weighted by molar-refractivity contribution is 0.0571. The van der Waals surface area contributed by atoms with Crippen LogP contribution in [0, 0.1) is 0 Å². The van der Waals surface area contributed by atoms with Crippen LogP contribution in [0.2, 0.25) is 0 Å². The van der Waals surface area contributed by atoms with E-state index >= 15 is 0 Å². The van der Waals surface area contributed by atoms with Crippen molar-refractivity contribution in [3.8, 4) is 0 Å². The third kappa shape index (κ3) is 4.30. The van der Waals surface area contributed by atoms with Gasteiger partial charge in [0, 0.05) is 0 Å². The van der Waals surface area contributed by atoms with Gasteiger partial charge in [-0.15, -0.1) is 0 Å². The number of imide groups is 1. The summed E-state index contributed by atoms with van der Waals surface area (Å²) in [5, 5.41) is 0. The molecule has 0 saturated heterocycles. The number of ether oxygens (including phenoxy) is 1. The Balaban J connectivity index is 1.78. The fourth-order valence-corrected chi connectivity index (χ4v) is 3.91. The number of amides is 2. The van der Waals surface area contributed by atoms with Crippen LogP contribution in [0.25, 0.3) is 0 Å². The van der Waals surface area contributed by atoms with Gasteiger partial charge < -0.3 is 13.8 Å². The number of carbonyl (C=O) groups is 2. The number of carbonyl (C=O) groups excluding carboxylic acids is 2. The predicted molar refractivity (Wildman–Crippen MR) is 88.4 cm³/mol. The van der Waals surface area contributed by atoms with Crippen molar-refractivity contribution in [3.63, 3.8) is 0 Å². The number of nitrogens with zero attached hydrogens (tertiary/aromatic N) is 1. The Hall–Kier alpha value is -1.53. The molecule has 1 heterocycles. The maximum Gasteiger partial charge on any atom is 0.332 e. The Morgan fingerprint density at radius 2 is 1.50 bits per heavy atom. The highest BCUT2D eigenvalue weighted by Crippen LogP contribution is 2.47. The van der Waals surface area contributed by atoms with Gasteiger partial charge >= 0.3 is 7.60 Å². The summed E-state index contributed by atoms with van der Waals surface area (Å²) in [5.74, 6) is -0.623. The van der Waals surface area contributed by atoms with Gasteiger partial charge in [-0.3, -0.25) is 19.1 Å². The molecule has 0 fully saturated rings. The first kappa shape index (κ1) is 18.8. The molecule has 0 spiro atoms. The molecule has 1 aromatic rings. The van der Waals surface area contributed by atoms with Crippen molar-refractivity contribution < 1.29 is 27.9 Å². The van der Waals surface area contributed by atoms with Crippen molar-refractivity contribution in [2.24, 2.45) is 0 Å². The zero-order chi connectivity index (χ0) is 17.6. The molecule has 0 radical (unpaired) electrons. The van der Waals surface area contributed by atoms with Gasteiger partial charge in [0.05, 0.1) is 50.3 Å². The van der Waals surface area contributed by atoms with E-state index in [4.69, 9.17) is 13.8 Å². The topological polar surface area (TPSA) is 82.1 Å². The Labute approximate surface area is 141 Å². The SMILES string of the molecule is CCOP(=O)(CCOCCN1C(=O)c2ccccc2C1=O)OCC. The van der Waals surface area contributed by atoms with Crippen molar-refractivity contribution >= 4 is 19.4 Å². The van der Waals surface area contributed by atoms with E-state index in [1.54, 1.807) is 38.1 Å². The second-order valence-electron chi connectivity index (χ2n) is 5.09.